The largest absolute Gasteiger partial charge is 0.508 e. The molecule has 2 aromatic rings. The summed E-state index contributed by atoms with van der Waals surface area (Å²) in [5.41, 5.74) is 2.93. The van der Waals surface area contributed by atoms with Crippen LogP contribution in [0.4, 0.5) is 13.2 Å². The summed E-state index contributed by atoms with van der Waals surface area (Å²) in [7, 11) is 0. The molecule has 2 N–H and O–H groups in total. The van der Waals surface area contributed by atoms with Crippen molar-refractivity contribution in [3.05, 3.63) is 53.1 Å². The minimum atomic E-state index is -4.50. The van der Waals surface area contributed by atoms with Crippen LogP contribution in [0.1, 0.15) is 30.5 Å². The molecule has 0 radical (unpaired) electrons. The molecule has 0 spiro atoms. The van der Waals surface area contributed by atoms with Gasteiger partial charge in [-0.1, -0.05) is 12.1 Å². The number of benzene rings is 2. The molecule has 2 aromatic carbocycles. The second-order valence-electron chi connectivity index (χ2n) is 6.35. The van der Waals surface area contributed by atoms with Crippen LogP contribution >= 0.6 is 0 Å². The summed E-state index contributed by atoms with van der Waals surface area (Å²) in [6.45, 7) is 5.14. The Balaban J connectivity index is 2.22. The van der Waals surface area contributed by atoms with E-state index in [1.807, 2.05) is 0 Å². The fourth-order valence-corrected chi connectivity index (χ4v) is 2.67. The van der Waals surface area contributed by atoms with Crippen LogP contribution in [0.2, 0.25) is 0 Å². The molecule has 7 heteroatoms. The topological polar surface area (TPSA) is 53.8 Å². The lowest BCUT2D eigenvalue weighted by Gasteiger charge is -2.16. The van der Waals surface area contributed by atoms with Gasteiger partial charge in [0.15, 0.2) is 11.6 Å². The van der Waals surface area contributed by atoms with E-state index < -0.39 is 17.5 Å². The lowest BCUT2D eigenvalue weighted by Crippen LogP contribution is -2.24. The number of nitrogens with one attached hydrogen (secondary N) is 1. The van der Waals surface area contributed by atoms with Crippen LogP contribution < -0.4 is 5.48 Å². The summed E-state index contributed by atoms with van der Waals surface area (Å²) >= 11 is 0. The summed E-state index contributed by atoms with van der Waals surface area (Å²) in [6, 6.07) is 8.19. The third-order valence-electron chi connectivity index (χ3n) is 3.95. The molecular formula is C18H17F3N2O2. The highest BCUT2D eigenvalue weighted by atomic mass is 19.4. The quantitative estimate of drug-likeness (QED) is 0.844. The van der Waals surface area contributed by atoms with Crippen LogP contribution in [0.25, 0.3) is 11.1 Å². The van der Waals surface area contributed by atoms with Crippen molar-refractivity contribution in [3.63, 3.8) is 0 Å². The van der Waals surface area contributed by atoms with Crippen LogP contribution in [-0.2, 0) is 11.0 Å². The van der Waals surface area contributed by atoms with Gasteiger partial charge in [-0.25, -0.2) is 15.3 Å². The van der Waals surface area contributed by atoms with Crippen LogP contribution in [0, 0.1) is 6.92 Å². The number of hydrogen-bond acceptors (Lipinski definition) is 4. The second-order valence-corrected chi connectivity index (χ2v) is 6.35. The molecule has 0 unspecified atom stereocenters. The number of aliphatic imine (C=N–C) groups is 1. The summed E-state index contributed by atoms with van der Waals surface area (Å²) in [6.07, 6.45) is -4.50. The molecule has 0 bridgehead atoms. The predicted octanol–water partition coefficient (Wildman–Crippen LogP) is 4.40. The molecule has 0 saturated carbocycles. The highest BCUT2D eigenvalue weighted by Gasteiger charge is 2.34. The van der Waals surface area contributed by atoms with Crippen LogP contribution in [0.15, 0.2) is 41.4 Å². The van der Waals surface area contributed by atoms with Crippen molar-refractivity contribution in [1.82, 2.24) is 5.48 Å². The average Bonchev–Trinajstić information content (AvgIpc) is 2.87. The molecule has 1 heterocycles. The minimum absolute atomic E-state index is 0.0468. The zero-order valence-corrected chi connectivity index (χ0v) is 13.9. The van der Waals surface area contributed by atoms with Gasteiger partial charge in [0.25, 0.3) is 0 Å². The molecular weight excluding hydrogens is 333 g/mol. The Hall–Kier alpha value is -2.54. The van der Waals surface area contributed by atoms with E-state index >= 15 is 0 Å². The van der Waals surface area contributed by atoms with E-state index in [9.17, 15) is 18.3 Å². The molecule has 25 heavy (non-hydrogen) atoms. The zero-order valence-electron chi connectivity index (χ0n) is 13.9. The highest BCUT2D eigenvalue weighted by molar-refractivity contribution is 6.02. The average molecular weight is 350 g/mol. The zero-order chi connectivity index (χ0) is 18.4. The first-order chi connectivity index (χ1) is 11.6. The van der Waals surface area contributed by atoms with Gasteiger partial charge >= 0.3 is 6.18 Å². The van der Waals surface area contributed by atoms with Gasteiger partial charge in [0.1, 0.15) is 5.75 Å². The molecule has 0 fully saturated rings. The van der Waals surface area contributed by atoms with Crippen LogP contribution in [0.5, 0.6) is 5.75 Å². The summed E-state index contributed by atoms with van der Waals surface area (Å²) in [5, 5.41) is 9.42. The van der Waals surface area contributed by atoms with Crippen molar-refractivity contribution in [2.24, 2.45) is 4.99 Å². The van der Waals surface area contributed by atoms with Crippen molar-refractivity contribution in [3.8, 4) is 16.9 Å². The van der Waals surface area contributed by atoms with Crippen molar-refractivity contribution >= 4 is 5.84 Å². The van der Waals surface area contributed by atoms with Crippen molar-refractivity contribution in [2.75, 3.05) is 0 Å². The van der Waals surface area contributed by atoms with Gasteiger partial charge in [-0.2, -0.15) is 13.2 Å². The number of phenolic OH excluding ortho intramolecular Hbond substituents is 1. The van der Waals surface area contributed by atoms with Gasteiger partial charge in [0, 0.05) is 5.56 Å². The first kappa shape index (κ1) is 17.3. The van der Waals surface area contributed by atoms with E-state index in [-0.39, 0.29) is 11.6 Å². The van der Waals surface area contributed by atoms with Gasteiger partial charge in [-0.15, -0.1) is 0 Å². The third-order valence-corrected chi connectivity index (χ3v) is 3.95. The molecule has 132 valence electrons. The Bertz CT molecular complexity index is 841. The van der Waals surface area contributed by atoms with Gasteiger partial charge in [0.05, 0.1) is 5.56 Å². The minimum Gasteiger partial charge on any atom is -0.508 e. The molecule has 3 rings (SSSR count). The summed E-state index contributed by atoms with van der Waals surface area (Å²) in [5.74, 6) is 0.305. The molecule has 0 aromatic heterocycles. The summed E-state index contributed by atoms with van der Waals surface area (Å²) < 4.78 is 40.1. The fourth-order valence-electron chi connectivity index (χ4n) is 2.67. The molecule has 0 saturated heterocycles. The maximum Gasteiger partial charge on any atom is 0.416 e. The first-order valence-electron chi connectivity index (χ1n) is 7.62. The lowest BCUT2D eigenvalue weighted by molar-refractivity contribution is -0.137. The van der Waals surface area contributed by atoms with Crippen molar-refractivity contribution < 1.29 is 23.1 Å². The van der Waals surface area contributed by atoms with E-state index in [2.05, 4.69) is 10.5 Å². The van der Waals surface area contributed by atoms with E-state index in [4.69, 9.17) is 4.84 Å². The van der Waals surface area contributed by atoms with Gasteiger partial charge in [0.2, 0.25) is 0 Å². The second kappa shape index (κ2) is 5.77. The monoisotopic (exact) mass is 350 g/mol. The van der Waals surface area contributed by atoms with E-state index in [0.717, 1.165) is 12.1 Å². The van der Waals surface area contributed by atoms with Gasteiger partial charge in [-0.3, -0.25) is 0 Å². The van der Waals surface area contributed by atoms with Gasteiger partial charge < -0.3 is 5.11 Å². The number of nitrogens with zero attached hydrogens (tertiary/aromatic N) is 1. The molecule has 0 atom stereocenters. The Morgan fingerprint density at radius 3 is 2.20 bits per heavy atom. The molecule has 0 amide bonds. The van der Waals surface area contributed by atoms with Crippen molar-refractivity contribution in [2.45, 2.75) is 32.7 Å². The smallest absolute Gasteiger partial charge is 0.416 e. The number of hydroxylamine groups is 1. The predicted molar refractivity (Wildman–Crippen MR) is 88.1 cm³/mol. The molecule has 4 nitrogen and oxygen atoms in total. The molecule has 1 aliphatic rings. The van der Waals surface area contributed by atoms with Crippen molar-refractivity contribution in [1.29, 1.82) is 0 Å². The van der Waals surface area contributed by atoms with E-state index in [1.54, 1.807) is 32.9 Å². The number of amidine groups is 1. The Morgan fingerprint density at radius 1 is 1.08 bits per heavy atom. The van der Waals surface area contributed by atoms with Crippen LogP contribution in [-0.4, -0.2) is 16.7 Å². The molecule has 1 aliphatic heterocycles. The van der Waals surface area contributed by atoms with Gasteiger partial charge in [-0.05, 0) is 61.7 Å². The third kappa shape index (κ3) is 3.46. The number of halogens is 3. The Morgan fingerprint density at radius 2 is 1.68 bits per heavy atom. The Labute approximate surface area is 142 Å². The summed E-state index contributed by atoms with van der Waals surface area (Å²) in [4.78, 5) is 9.58. The number of hydrogen-bond donors (Lipinski definition) is 2. The maximum atomic E-state index is 13.4. The maximum absolute atomic E-state index is 13.4. The van der Waals surface area contributed by atoms with Crippen LogP contribution in [0.3, 0.4) is 0 Å². The number of alkyl halides is 3. The standard InChI is InChI=1S/C18H17F3N2O2/c1-10-14(11-4-6-13(24)7-5-11)8-12(18(19,20)21)9-15(10)16-22-17(2,3)25-23-16/h4-9,24H,1-3H3,(H,22,23). The first-order valence-corrected chi connectivity index (χ1v) is 7.62. The number of rotatable bonds is 2. The lowest BCUT2D eigenvalue weighted by atomic mass is 9.93. The number of aromatic hydroxyl groups is 1. The molecule has 0 aliphatic carbocycles. The number of phenols is 1. The highest BCUT2D eigenvalue weighted by Crippen LogP contribution is 2.37. The fraction of sp³-hybridized carbons (Fsp3) is 0.278. The SMILES string of the molecule is Cc1c(C2=NC(C)(C)ON2)cc(C(F)(F)F)cc1-c1ccc(O)cc1. The Kier molecular flexibility index (Phi) is 3.99. The van der Waals surface area contributed by atoms with E-state index in [0.29, 0.717) is 22.3 Å². The van der Waals surface area contributed by atoms with E-state index in [1.165, 1.54) is 12.1 Å². The normalized spacial score (nSPS) is 16.5.